The first kappa shape index (κ1) is 15.5. The van der Waals surface area contributed by atoms with Crippen LogP contribution in [0.3, 0.4) is 0 Å². The second kappa shape index (κ2) is 6.24. The van der Waals surface area contributed by atoms with Gasteiger partial charge in [-0.15, -0.1) is 0 Å². The molecular formula is C16H22N2O3. The van der Waals surface area contributed by atoms with E-state index in [1.807, 2.05) is 20.8 Å². The summed E-state index contributed by atoms with van der Waals surface area (Å²) in [4.78, 5) is 37.0. The molecule has 0 aromatic carbocycles. The zero-order valence-corrected chi connectivity index (χ0v) is 12.9. The maximum absolute atomic E-state index is 12.4. The summed E-state index contributed by atoms with van der Waals surface area (Å²) in [6.07, 6.45) is 4.52. The van der Waals surface area contributed by atoms with E-state index in [1.165, 1.54) is 0 Å². The summed E-state index contributed by atoms with van der Waals surface area (Å²) in [5.41, 5.74) is 3.06. The molecule has 1 aliphatic carbocycles. The van der Waals surface area contributed by atoms with Crippen LogP contribution in [0, 0.1) is 0 Å². The Bertz CT molecular complexity index is 546. The highest BCUT2D eigenvalue weighted by Gasteiger charge is 2.40. The number of allylic oxidation sites excluding steroid dienone is 1. The third kappa shape index (κ3) is 2.77. The van der Waals surface area contributed by atoms with E-state index in [1.54, 1.807) is 4.90 Å². The third-order valence-corrected chi connectivity index (χ3v) is 4.12. The SMILES string of the molecule is CC.CC1=CCCC2=C1CN(C1CCC(=O)NC1=O)C2=O. The number of rotatable bonds is 1. The first-order valence-electron chi connectivity index (χ1n) is 7.61. The van der Waals surface area contributed by atoms with E-state index in [0.29, 0.717) is 19.4 Å². The molecule has 5 heteroatoms. The fourth-order valence-corrected chi connectivity index (χ4v) is 3.05. The summed E-state index contributed by atoms with van der Waals surface area (Å²) in [5, 5.41) is 2.31. The molecule has 3 amide bonds. The van der Waals surface area contributed by atoms with E-state index in [4.69, 9.17) is 0 Å². The Morgan fingerprint density at radius 3 is 2.48 bits per heavy atom. The molecule has 0 bridgehead atoms. The van der Waals surface area contributed by atoms with Crippen molar-refractivity contribution in [3.05, 3.63) is 22.8 Å². The van der Waals surface area contributed by atoms with Gasteiger partial charge in [-0.05, 0) is 37.3 Å². The summed E-state index contributed by atoms with van der Waals surface area (Å²) in [6, 6.07) is -0.497. The lowest BCUT2D eigenvalue weighted by Crippen LogP contribution is -2.53. The number of imide groups is 1. The van der Waals surface area contributed by atoms with Crippen LogP contribution in [0.4, 0.5) is 0 Å². The van der Waals surface area contributed by atoms with E-state index in [9.17, 15) is 14.4 Å². The van der Waals surface area contributed by atoms with Crippen molar-refractivity contribution >= 4 is 17.7 Å². The highest BCUT2D eigenvalue weighted by Crippen LogP contribution is 2.34. The summed E-state index contributed by atoms with van der Waals surface area (Å²) < 4.78 is 0. The monoisotopic (exact) mass is 290 g/mol. The Balaban J connectivity index is 0.000000774. The van der Waals surface area contributed by atoms with Gasteiger partial charge in [0.1, 0.15) is 6.04 Å². The molecule has 1 saturated heterocycles. The first-order chi connectivity index (χ1) is 10.1. The van der Waals surface area contributed by atoms with Gasteiger partial charge in [-0.3, -0.25) is 19.7 Å². The van der Waals surface area contributed by atoms with Gasteiger partial charge >= 0.3 is 0 Å². The number of nitrogens with zero attached hydrogens (tertiary/aromatic N) is 1. The maximum Gasteiger partial charge on any atom is 0.251 e. The molecule has 1 fully saturated rings. The van der Waals surface area contributed by atoms with Crippen LogP contribution in [0.1, 0.15) is 46.5 Å². The van der Waals surface area contributed by atoms with Gasteiger partial charge in [-0.2, -0.15) is 0 Å². The van der Waals surface area contributed by atoms with E-state index in [-0.39, 0.29) is 17.7 Å². The van der Waals surface area contributed by atoms with Crippen LogP contribution in [0.25, 0.3) is 0 Å². The summed E-state index contributed by atoms with van der Waals surface area (Å²) in [6.45, 7) is 6.51. The van der Waals surface area contributed by atoms with Gasteiger partial charge in [0, 0.05) is 18.5 Å². The lowest BCUT2D eigenvalue weighted by atomic mass is 9.94. The molecule has 2 heterocycles. The Morgan fingerprint density at radius 2 is 1.86 bits per heavy atom. The molecule has 1 N–H and O–H groups in total. The average molecular weight is 290 g/mol. The second-order valence-electron chi connectivity index (χ2n) is 5.28. The minimum Gasteiger partial charge on any atom is -0.323 e. The average Bonchev–Trinajstić information content (AvgIpc) is 2.80. The summed E-state index contributed by atoms with van der Waals surface area (Å²) in [7, 11) is 0. The number of amides is 3. The molecule has 3 aliphatic rings. The number of piperidine rings is 1. The van der Waals surface area contributed by atoms with Crippen molar-refractivity contribution < 1.29 is 14.4 Å². The lowest BCUT2D eigenvalue weighted by Gasteiger charge is -2.29. The van der Waals surface area contributed by atoms with Crippen molar-refractivity contribution in [3.8, 4) is 0 Å². The molecule has 0 spiro atoms. The van der Waals surface area contributed by atoms with E-state index in [0.717, 1.165) is 29.6 Å². The predicted octanol–water partition coefficient (Wildman–Crippen LogP) is 1.70. The Hall–Kier alpha value is -1.91. The van der Waals surface area contributed by atoms with Crippen molar-refractivity contribution in [2.75, 3.05) is 6.54 Å². The Labute approximate surface area is 125 Å². The zero-order valence-electron chi connectivity index (χ0n) is 12.9. The van der Waals surface area contributed by atoms with Crippen LogP contribution in [-0.4, -0.2) is 35.2 Å². The normalized spacial score (nSPS) is 25.1. The Morgan fingerprint density at radius 1 is 1.14 bits per heavy atom. The standard InChI is InChI=1S/C14H16N2O3.C2H6/c1-8-3-2-4-9-10(8)7-16(14(9)19)11-5-6-12(17)15-13(11)18;1-2/h3,11H,2,4-7H2,1H3,(H,15,17,18);1-2H3. The molecule has 0 radical (unpaired) electrons. The Kier molecular flexibility index (Phi) is 4.60. The van der Waals surface area contributed by atoms with Crippen LogP contribution in [0.5, 0.6) is 0 Å². The van der Waals surface area contributed by atoms with E-state index in [2.05, 4.69) is 11.4 Å². The molecule has 1 unspecified atom stereocenters. The largest absolute Gasteiger partial charge is 0.323 e. The van der Waals surface area contributed by atoms with Crippen LogP contribution in [0.15, 0.2) is 22.8 Å². The molecular weight excluding hydrogens is 268 g/mol. The molecule has 0 saturated carbocycles. The smallest absolute Gasteiger partial charge is 0.251 e. The summed E-state index contributed by atoms with van der Waals surface area (Å²) >= 11 is 0. The minimum atomic E-state index is -0.497. The van der Waals surface area contributed by atoms with Crippen LogP contribution >= 0.6 is 0 Å². The van der Waals surface area contributed by atoms with Crippen molar-refractivity contribution in [2.45, 2.75) is 52.5 Å². The lowest BCUT2D eigenvalue weighted by molar-refractivity contribution is -0.142. The molecule has 0 aromatic heterocycles. The molecule has 21 heavy (non-hydrogen) atoms. The number of carbonyl (C=O) groups excluding carboxylic acids is 3. The highest BCUT2D eigenvalue weighted by molar-refractivity contribution is 6.05. The van der Waals surface area contributed by atoms with Crippen molar-refractivity contribution in [3.63, 3.8) is 0 Å². The second-order valence-corrected chi connectivity index (χ2v) is 5.28. The van der Waals surface area contributed by atoms with Crippen LogP contribution in [0.2, 0.25) is 0 Å². The molecule has 3 rings (SSSR count). The van der Waals surface area contributed by atoms with Crippen LogP contribution < -0.4 is 5.32 Å². The fraction of sp³-hybridized carbons (Fsp3) is 0.562. The van der Waals surface area contributed by atoms with Gasteiger partial charge in [-0.25, -0.2) is 0 Å². The van der Waals surface area contributed by atoms with Gasteiger partial charge in [0.2, 0.25) is 11.8 Å². The zero-order chi connectivity index (χ0) is 15.6. The molecule has 114 valence electrons. The summed E-state index contributed by atoms with van der Waals surface area (Å²) in [5.74, 6) is -0.621. The van der Waals surface area contributed by atoms with Gasteiger partial charge in [0.15, 0.2) is 0 Å². The number of carbonyl (C=O) groups is 3. The number of hydrogen-bond acceptors (Lipinski definition) is 3. The van der Waals surface area contributed by atoms with Gasteiger partial charge < -0.3 is 4.90 Å². The first-order valence-corrected chi connectivity index (χ1v) is 7.61. The molecule has 2 aliphatic heterocycles. The quantitative estimate of drug-likeness (QED) is 0.747. The molecule has 1 atom stereocenters. The fourth-order valence-electron chi connectivity index (χ4n) is 3.05. The topological polar surface area (TPSA) is 66.5 Å². The van der Waals surface area contributed by atoms with Gasteiger partial charge in [0.05, 0.1) is 0 Å². The van der Waals surface area contributed by atoms with Crippen molar-refractivity contribution in [1.29, 1.82) is 0 Å². The highest BCUT2D eigenvalue weighted by atomic mass is 16.2. The van der Waals surface area contributed by atoms with Gasteiger partial charge in [-0.1, -0.05) is 19.9 Å². The predicted molar refractivity (Wildman–Crippen MR) is 79.2 cm³/mol. The maximum atomic E-state index is 12.4. The van der Waals surface area contributed by atoms with Crippen molar-refractivity contribution in [1.82, 2.24) is 10.2 Å². The number of hydrogen-bond donors (Lipinski definition) is 1. The van der Waals surface area contributed by atoms with E-state index < -0.39 is 6.04 Å². The van der Waals surface area contributed by atoms with Gasteiger partial charge in [0.25, 0.3) is 5.91 Å². The third-order valence-electron chi connectivity index (χ3n) is 4.12. The van der Waals surface area contributed by atoms with E-state index >= 15 is 0 Å². The minimum absolute atomic E-state index is 0.0306. The van der Waals surface area contributed by atoms with Crippen molar-refractivity contribution in [2.24, 2.45) is 0 Å². The molecule has 0 aromatic rings. The van der Waals surface area contributed by atoms with Crippen LogP contribution in [-0.2, 0) is 14.4 Å². The number of nitrogens with one attached hydrogen (secondary N) is 1. The molecule has 5 nitrogen and oxygen atoms in total.